The number of anilines is 4. The van der Waals surface area contributed by atoms with Crippen molar-refractivity contribution in [3.63, 3.8) is 0 Å². The Hall–Kier alpha value is -11.6. The summed E-state index contributed by atoms with van der Waals surface area (Å²) in [5.74, 6) is -8.44. The zero-order valence-electron chi connectivity index (χ0n) is 65.2. The maximum Gasteiger partial charge on any atom is 0.319 e. The number of aliphatic hydroxyl groups excluding tert-OH is 1. The van der Waals surface area contributed by atoms with E-state index in [2.05, 4.69) is 57.9 Å². The first-order chi connectivity index (χ1) is 54.8. The molecule has 0 aliphatic carbocycles. The van der Waals surface area contributed by atoms with Gasteiger partial charge in [-0.2, -0.15) is 0 Å². The van der Waals surface area contributed by atoms with Gasteiger partial charge in [0.05, 0.1) is 69.5 Å². The van der Waals surface area contributed by atoms with E-state index in [9.17, 15) is 75.8 Å². The molecule has 1 aliphatic heterocycles. The molecule has 0 radical (unpaired) electrons. The standard InChI is InChI=1S/C79H103F2N15O18S/c1-8-30-84-76(107)88-56-18-13-20-58(43-56)115(110,111)93-57-19-12-17-51(40-57)62(45-69(101)102)91-78(109)87-55-25-23-54(24-26-55)86-77(108)85-31-35-113-37-39-114-38-36-112-34-29-67(99)89-63(44-66(82)98)75(106)95-32-14-21-64(95)73(104)92-70(49(2)3)74(105)90-61(72(103)83-7)28-33-96(68(100)48-97)71(79(4,5)6)65-41-52(59-42-53(80)22-27-60(59)81)47-94(65)46-50-15-10-9-11-16-50/h9-13,15-20,22-27,40-43,47,49,61-64,70-71,93,97H,8,14,21,28-39,44-46,48H2,1-7H3,(H2,82,98)(H,83,103)(H,89,99)(H,90,105)(H,92,104)(H,101,102)(H2,84,88,107)(H2,85,86,108)(H2,87,91,109)/t61-,62+,63-,64-,70-,71-/m0/s1. The summed E-state index contributed by atoms with van der Waals surface area (Å²) in [7, 11) is -2.84. The zero-order chi connectivity index (χ0) is 83.9. The number of carboxylic acids is 1. The van der Waals surface area contributed by atoms with Crippen LogP contribution < -0.4 is 63.6 Å². The molecule has 1 aromatic heterocycles. The third-order valence-corrected chi connectivity index (χ3v) is 19.6. The van der Waals surface area contributed by atoms with Gasteiger partial charge in [0.1, 0.15) is 42.4 Å². The van der Waals surface area contributed by atoms with Gasteiger partial charge in [-0.3, -0.25) is 43.1 Å². The summed E-state index contributed by atoms with van der Waals surface area (Å²) >= 11 is 0. The first kappa shape index (κ1) is 90.6. The van der Waals surface area contributed by atoms with Crippen molar-refractivity contribution in [2.24, 2.45) is 17.1 Å². The number of carbonyl (C=O) groups excluding carboxylic acids is 10. The Morgan fingerprint density at radius 3 is 1.95 bits per heavy atom. The predicted molar refractivity (Wildman–Crippen MR) is 423 cm³/mol. The van der Waals surface area contributed by atoms with Crippen LogP contribution in [-0.2, 0) is 69.1 Å². The molecule has 33 nitrogen and oxygen atoms in total. The summed E-state index contributed by atoms with van der Waals surface area (Å²) in [6, 6.07) is 22.5. The Balaban J connectivity index is 0.808. The average molecular weight is 1620 g/mol. The smallest absolute Gasteiger partial charge is 0.319 e. The highest BCUT2D eigenvalue weighted by Gasteiger charge is 2.42. The number of aromatic nitrogens is 1. The monoisotopic (exact) mass is 1620 g/mol. The summed E-state index contributed by atoms with van der Waals surface area (Å²) in [4.78, 5) is 148. The lowest BCUT2D eigenvalue weighted by atomic mass is 9.82. The number of benzene rings is 5. The molecule has 1 aliphatic rings. The van der Waals surface area contributed by atoms with E-state index in [0.717, 1.165) is 23.8 Å². The number of rotatable bonds is 43. The number of ether oxygens (including phenoxy) is 3. The number of hydrogen-bond donors (Lipinski definition) is 14. The van der Waals surface area contributed by atoms with Crippen molar-refractivity contribution >= 4 is 98.2 Å². The number of sulfonamides is 1. The number of likely N-dealkylation sites (tertiary alicyclic amines) is 1. The highest BCUT2D eigenvalue weighted by molar-refractivity contribution is 7.92. The molecule has 13 amide bonds. The lowest BCUT2D eigenvalue weighted by Gasteiger charge is -2.41. The minimum Gasteiger partial charge on any atom is -0.481 e. The van der Waals surface area contributed by atoms with E-state index in [4.69, 9.17) is 19.9 Å². The Labute approximate surface area is 665 Å². The zero-order valence-corrected chi connectivity index (χ0v) is 66.0. The number of nitrogens with one attached hydrogen (secondary N) is 11. The molecule has 0 saturated carbocycles. The van der Waals surface area contributed by atoms with Gasteiger partial charge in [0.2, 0.25) is 41.4 Å². The van der Waals surface area contributed by atoms with Crippen molar-refractivity contribution < 1.29 is 94.4 Å². The molecule has 0 spiro atoms. The van der Waals surface area contributed by atoms with Crippen LogP contribution in [0.3, 0.4) is 0 Å². The van der Waals surface area contributed by atoms with Crippen LogP contribution in [0.5, 0.6) is 0 Å². The van der Waals surface area contributed by atoms with E-state index < -0.39 is 154 Å². The number of amides is 13. The largest absolute Gasteiger partial charge is 0.481 e. The minimum atomic E-state index is -4.20. The van der Waals surface area contributed by atoms with Gasteiger partial charge in [-0.15, -0.1) is 0 Å². The fourth-order valence-electron chi connectivity index (χ4n) is 12.7. The second-order valence-corrected chi connectivity index (χ2v) is 30.2. The summed E-state index contributed by atoms with van der Waals surface area (Å²) < 4.78 is 77.7. The van der Waals surface area contributed by atoms with Gasteiger partial charge in [-0.05, 0) is 127 Å². The van der Waals surface area contributed by atoms with Gasteiger partial charge in [-0.25, -0.2) is 31.6 Å². The van der Waals surface area contributed by atoms with Crippen LogP contribution in [0, 0.1) is 23.0 Å². The highest BCUT2D eigenvalue weighted by Crippen LogP contribution is 2.42. The van der Waals surface area contributed by atoms with E-state index in [1.165, 1.54) is 89.6 Å². The number of likely N-dealkylation sites (N-methyl/N-ethyl adjacent to an activating group) is 1. The molecule has 622 valence electrons. The molecule has 115 heavy (non-hydrogen) atoms. The second-order valence-electron chi connectivity index (χ2n) is 28.5. The van der Waals surface area contributed by atoms with Gasteiger partial charge in [0, 0.05) is 92.0 Å². The molecule has 5 aromatic carbocycles. The fraction of sp³-hybridized carbons (Fsp3) is 0.430. The predicted octanol–water partition coefficient (Wildman–Crippen LogP) is 6.43. The number of halogens is 2. The molecule has 0 bridgehead atoms. The van der Waals surface area contributed by atoms with E-state index >= 15 is 4.39 Å². The Bertz CT molecular complexity index is 4460. The minimum absolute atomic E-state index is 0.0210. The first-order valence-electron chi connectivity index (χ1n) is 37.5. The summed E-state index contributed by atoms with van der Waals surface area (Å²) in [6.07, 6.45) is 1.24. The lowest BCUT2D eigenvalue weighted by molar-refractivity contribution is -0.143. The number of aliphatic carboxylic acids is 1. The molecule has 6 atom stereocenters. The molecule has 7 rings (SSSR count). The number of carboxylic acid groups (broad SMARTS) is 1. The van der Waals surface area contributed by atoms with Gasteiger partial charge in [0.25, 0.3) is 10.0 Å². The fourth-order valence-corrected chi connectivity index (χ4v) is 13.8. The first-order valence-corrected chi connectivity index (χ1v) is 39.0. The van der Waals surface area contributed by atoms with Gasteiger partial charge in [0.15, 0.2) is 0 Å². The van der Waals surface area contributed by atoms with E-state index in [0.29, 0.717) is 36.3 Å². The van der Waals surface area contributed by atoms with Crippen LogP contribution in [0.2, 0.25) is 0 Å². The topological polar surface area (TPSA) is 460 Å². The van der Waals surface area contributed by atoms with Crippen LogP contribution >= 0.6 is 0 Å². The van der Waals surface area contributed by atoms with E-state index in [-0.39, 0.29) is 118 Å². The van der Waals surface area contributed by atoms with Crippen molar-refractivity contribution in [2.45, 2.75) is 134 Å². The van der Waals surface area contributed by atoms with Crippen molar-refractivity contribution in [1.29, 1.82) is 0 Å². The summed E-state index contributed by atoms with van der Waals surface area (Å²) in [5.41, 5.74) is 7.61. The molecule has 6 aromatic rings. The Morgan fingerprint density at radius 2 is 1.31 bits per heavy atom. The molecule has 36 heteroatoms. The van der Waals surface area contributed by atoms with Crippen LogP contribution in [0.1, 0.15) is 115 Å². The lowest BCUT2D eigenvalue weighted by Crippen LogP contribution is -2.59. The van der Waals surface area contributed by atoms with Crippen molar-refractivity contribution in [3.05, 3.63) is 162 Å². The normalized spacial score (nSPS) is 14.0. The molecule has 15 N–H and O–H groups in total. The number of carbonyl (C=O) groups is 11. The second kappa shape index (κ2) is 44.2. The Morgan fingerprint density at radius 1 is 0.678 bits per heavy atom. The van der Waals surface area contributed by atoms with Crippen molar-refractivity contribution in [1.82, 2.24) is 51.6 Å². The third-order valence-electron chi connectivity index (χ3n) is 18.2. The Kier molecular flexibility index (Phi) is 34.8. The SMILES string of the molecule is CCCNC(=O)Nc1cccc(S(=O)(=O)Nc2cccc([C@@H](CC(=O)O)NC(=O)Nc3ccc(NC(=O)NCCOCCOCCOCCC(=O)N[C@@H](CC(N)=O)C(=O)N4CCC[C@H]4C(=O)N[C@H](C(=O)N[C@@H](CCN(C(=O)CO)[C@@H](c4cc(-c5cc(F)ccc5F)cn4Cc4ccccc4)C(C)(C)C)C(=O)NC)C(C)C)cc3)c2)c1. The number of primary amides is 1. The van der Waals surface area contributed by atoms with Crippen LogP contribution in [0.15, 0.2) is 138 Å². The maximum absolute atomic E-state index is 15.4. The number of hydrogen-bond acceptors (Lipinski definition) is 17. The van der Waals surface area contributed by atoms with Crippen LogP contribution in [-0.4, -0.2) is 202 Å². The highest BCUT2D eigenvalue weighted by atomic mass is 32.2. The van der Waals surface area contributed by atoms with Gasteiger partial charge in [-0.1, -0.05) is 90.1 Å². The molecular formula is C79H103F2N15O18S. The third kappa shape index (κ3) is 28.5. The summed E-state index contributed by atoms with van der Waals surface area (Å²) in [6.45, 7) is 10.9. The number of nitrogens with two attached hydrogens (primary N) is 1. The maximum atomic E-state index is 15.4. The van der Waals surface area contributed by atoms with Gasteiger partial charge >= 0.3 is 24.1 Å². The van der Waals surface area contributed by atoms with Crippen LogP contribution in [0.4, 0.5) is 45.9 Å². The molecule has 2 heterocycles. The average Bonchev–Trinajstić information content (AvgIpc) is 1.64. The number of aliphatic hydroxyl groups is 1. The molecular weight excluding hydrogens is 1520 g/mol. The number of nitrogens with zero attached hydrogens (tertiary/aromatic N) is 3. The quantitative estimate of drug-likeness (QED) is 0.0183. The van der Waals surface area contributed by atoms with Crippen LogP contribution in [0.25, 0.3) is 11.1 Å². The van der Waals surface area contributed by atoms with Crippen molar-refractivity contribution in [2.75, 3.05) is 100 Å². The summed E-state index contributed by atoms with van der Waals surface area (Å²) in [5, 5.41) is 46.4. The van der Waals surface area contributed by atoms with Crippen molar-refractivity contribution in [3.8, 4) is 11.1 Å². The van der Waals surface area contributed by atoms with E-state index in [1.807, 2.05) is 62.6 Å². The number of urea groups is 3. The van der Waals surface area contributed by atoms with E-state index in [1.54, 1.807) is 26.1 Å². The molecule has 0 unspecified atom stereocenters. The molecule has 1 fully saturated rings. The molecule has 1 saturated heterocycles. The van der Waals surface area contributed by atoms with Gasteiger partial charge < -0.3 is 97.7 Å².